The van der Waals surface area contributed by atoms with E-state index in [-0.39, 0.29) is 5.41 Å². The molecule has 1 aromatic carbocycles. The lowest BCUT2D eigenvalue weighted by Gasteiger charge is -2.39. The Morgan fingerprint density at radius 2 is 1.97 bits per heavy atom. The average molecular weight is 456 g/mol. The third kappa shape index (κ3) is 5.41. The lowest BCUT2D eigenvalue weighted by atomic mass is 9.81. The van der Waals surface area contributed by atoms with Gasteiger partial charge in [0.05, 0.1) is 28.7 Å². The first-order valence-corrected chi connectivity index (χ1v) is 10.7. The molecule has 3 rings (SSSR count). The van der Waals surface area contributed by atoms with E-state index in [1.807, 2.05) is 24.3 Å². The van der Waals surface area contributed by atoms with Crippen LogP contribution in [-0.4, -0.2) is 37.9 Å². The molecule has 0 spiro atoms. The third-order valence-corrected chi connectivity index (χ3v) is 7.02. The summed E-state index contributed by atoms with van der Waals surface area (Å²) in [6.07, 6.45) is 1.02. The molecule has 1 aliphatic rings. The largest absolute Gasteiger partial charge is 0.480 e. The molecule has 6 nitrogen and oxygen atoms in total. The lowest BCUT2D eigenvalue weighted by molar-refractivity contribution is 0.0818. The molecule has 1 saturated heterocycles. The van der Waals surface area contributed by atoms with E-state index >= 15 is 0 Å². The van der Waals surface area contributed by atoms with Gasteiger partial charge in [0.15, 0.2) is 0 Å². The maximum Gasteiger partial charge on any atom is 0.404 e. The second kappa shape index (κ2) is 9.32. The Bertz CT molecular complexity index is 889. The number of primary amides is 1. The number of pyridine rings is 1. The molecular weight excluding hydrogens is 433 g/mol. The fraction of sp³-hybridized carbons (Fsp3) is 0.400. The zero-order valence-electron chi connectivity index (χ0n) is 16.3. The highest BCUT2D eigenvalue weighted by Crippen LogP contribution is 2.41. The number of benzene rings is 1. The highest BCUT2D eigenvalue weighted by atomic mass is 35.5. The van der Waals surface area contributed by atoms with Gasteiger partial charge >= 0.3 is 6.09 Å². The van der Waals surface area contributed by atoms with E-state index in [4.69, 9.17) is 38.4 Å². The van der Waals surface area contributed by atoms with Gasteiger partial charge in [-0.2, -0.15) is 4.98 Å². The van der Waals surface area contributed by atoms with E-state index in [0.29, 0.717) is 22.5 Å². The van der Waals surface area contributed by atoms with Crippen molar-refractivity contribution in [1.82, 2.24) is 4.98 Å². The third-order valence-electron chi connectivity index (χ3n) is 5.00. The number of hydrogen-bond acceptors (Lipinski definition) is 6. The molecule has 1 aliphatic heterocycles. The highest BCUT2D eigenvalue weighted by Gasteiger charge is 2.32. The van der Waals surface area contributed by atoms with Crippen LogP contribution in [0.25, 0.3) is 0 Å². The Morgan fingerprint density at radius 3 is 2.62 bits per heavy atom. The smallest absolute Gasteiger partial charge is 0.404 e. The number of halogens is 2. The molecule has 1 fully saturated rings. The van der Waals surface area contributed by atoms with E-state index < -0.39 is 6.09 Å². The molecule has 156 valence electrons. The molecule has 2 heterocycles. The Kier molecular flexibility index (Phi) is 7.03. The fourth-order valence-corrected chi connectivity index (χ4v) is 4.57. The van der Waals surface area contributed by atoms with E-state index in [1.54, 1.807) is 13.2 Å². The van der Waals surface area contributed by atoms with Gasteiger partial charge in [0.25, 0.3) is 0 Å². The number of hydrogen-bond donors (Lipinski definition) is 1. The molecule has 1 aromatic heterocycles. The van der Waals surface area contributed by atoms with E-state index in [9.17, 15) is 4.79 Å². The van der Waals surface area contributed by atoms with Gasteiger partial charge in [-0.05, 0) is 37.1 Å². The van der Waals surface area contributed by atoms with Crippen molar-refractivity contribution in [3.63, 3.8) is 0 Å². The highest BCUT2D eigenvalue weighted by molar-refractivity contribution is 7.99. The molecule has 0 radical (unpaired) electrons. The number of amides is 1. The Balaban J connectivity index is 1.71. The van der Waals surface area contributed by atoms with Crippen molar-refractivity contribution in [2.45, 2.75) is 29.6 Å². The van der Waals surface area contributed by atoms with Gasteiger partial charge < -0.3 is 20.1 Å². The quantitative estimate of drug-likeness (QED) is 0.640. The minimum Gasteiger partial charge on any atom is -0.480 e. The Labute approximate surface area is 184 Å². The topological polar surface area (TPSA) is 77.7 Å². The minimum atomic E-state index is -0.729. The summed E-state index contributed by atoms with van der Waals surface area (Å²) < 4.78 is 10.5. The molecule has 29 heavy (non-hydrogen) atoms. The molecule has 0 unspecified atom stereocenters. The number of aromatic nitrogens is 1. The summed E-state index contributed by atoms with van der Waals surface area (Å²) in [6.45, 7) is 4.06. The number of carbonyl (C=O) groups excluding carboxylic acids is 1. The number of rotatable bonds is 6. The monoisotopic (exact) mass is 455 g/mol. The van der Waals surface area contributed by atoms with Crippen LogP contribution in [0.2, 0.25) is 10.0 Å². The van der Waals surface area contributed by atoms with Crippen LogP contribution < -0.4 is 15.4 Å². The van der Waals surface area contributed by atoms with Gasteiger partial charge in [0.2, 0.25) is 5.88 Å². The van der Waals surface area contributed by atoms with Gasteiger partial charge in [-0.3, -0.25) is 0 Å². The number of nitrogens with zero attached hydrogens (tertiary/aromatic N) is 2. The van der Waals surface area contributed by atoms with Gasteiger partial charge in [-0.15, -0.1) is 0 Å². The SMILES string of the molecule is COc1nc(N2CCC(C)(COC(N)=O)CC2)ccc1Sc1cccc(Cl)c1Cl. The summed E-state index contributed by atoms with van der Waals surface area (Å²) in [5.74, 6) is 1.38. The summed E-state index contributed by atoms with van der Waals surface area (Å²) in [4.78, 5) is 19.5. The Morgan fingerprint density at radius 1 is 1.24 bits per heavy atom. The van der Waals surface area contributed by atoms with Gasteiger partial charge in [-0.25, -0.2) is 4.79 Å². The van der Waals surface area contributed by atoms with Crippen LogP contribution in [0.3, 0.4) is 0 Å². The summed E-state index contributed by atoms with van der Waals surface area (Å²) in [7, 11) is 1.60. The molecule has 9 heteroatoms. The van der Waals surface area contributed by atoms with Crippen LogP contribution >= 0.6 is 35.0 Å². The lowest BCUT2D eigenvalue weighted by Crippen LogP contribution is -2.42. The van der Waals surface area contributed by atoms with Crippen molar-refractivity contribution >= 4 is 46.9 Å². The predicted octanol–water partition coefficient (Wildman–Crippen LogP) is 5.25. The molecule has 0 aliphatic carbocycles. The Hall–Kier alpha value is -1.83. The maximum absolute atomic E-state index is 10.9. The van der Waals surface area contributed by atoms with E-state index in [1.165, 1.54) is 11.8 Å². The summed E-state index contributed by atoms with van der Waals surface area (Å²) in [6, 6.07) is 9.48. The fourth-order valence-electron chi connectivity index (χ4n) is 3.16. The normalized spacial score (nSPS) is 15.8. The molecule has 0 bridgehead atoms. The number of ether oxygens (including phenoxy) is 2. The second-order valence-electron chi connectivity index (χ2n) is 7.24. The average Bonchev–Trinajstić information content (AvgIpc) is 2.71. The number of piperidine rings is 1. The van der Waals surface area contributed by atoms with Gasteiger partial charge in [0, 0.05) is 23.4 Å². The molecule has 1 amide bonds. The standard InChI is InChI=1S/C20H23Cl2N3O3S/c1-20(12-28-19(23)26)8-10-25(11-9-20)16-7-6-15(18(24-16)27-2)29-14-5-3-4-13(21)17(14)22/h3-7H,8-12H2,1-2H3,(H2,23,26). The first-order valence-electron chi connectivity index (χ1n) is 9.15. The number of carbonyl (C=O) groups is 1. The van der Waals surface area contributed by atoms with E-state index in [2.05, 4.69) is 16.8 Å². The summed E-state index contributed by atoms with van der Waals surface area (Å²) in [5, 5.41) is 1.02. The van der Waals surface area contributed by atoms with Crippen molar-refractivity contribution in [3.8, 4) is 5.88 Å². The van der Waals surface area contributed by atoms with Crippen molar-refractivity contribution in [2.24, 2.45) is 11.1 Å². The van der Waals surface area contributed by atoms with Crippen molar-refractivity contribution in [1.29, 1.82) is 0 Å². The maximum atomic E-state index is 10.9. The van der Waals surface area contributed by atoms with Crippen LogP contribution in [0, 0.1) is 5.41 Å². The molecule has 2 N–H and O–H groups in total. The van der Waals surface area contributed by atoms with Gasteiger partial charge in [-0.1, -0.05) is 48.0 Å². The van der Waals surface area contributed by atoms with Crippen LogP contribution in [0.4, 0.5) is 10.6 Å². The molecule has 0 atom stereocenters. The van der Waals surface area contributed by atoms with Crippen molar-refractivity contribution in [3.05, 3.63) is 40.4 Å². The first-order chi connectivity index (χ1) is 13.8. The number of methoxy groups -OCH3 is 1. The predicted molar refractivity (Wildman–Crippen MR) is 116 cm³/mol. The first kappa shape index (κ1) is 21.9. The van der Waals surface area contributed by atoms with Gasteiger partial charge in [0.1, 0.15) is 5.82 Å². The van der Waals surface area contributed by atoms with Crippen LogP contribution in [0.1, 0.15) is 19.8 Å². The zero-order valence-corrected chi connectivity index (χ0v) is 18.6. The number of anilines is 1. The summed E-state index contributed by atoms with van der Waals surface area (Å²) in [5.41, 5.74) is 5.02. The molecule has 0 saturated carbocycles. The van der Waals surface area contributed by atoms with E-state index in [0.717, 1.165) is 41.5 Å². The molecular formula is C20H23Cl2N3O3S. The van der Waals surface area contributed by atoms with Crippen molar-refractivity contribution in [2.75, 3.05) is 31.7 Å². The molecule has 2 aromatic rings. The minimum absolute atomic E-state index is 0.0747. The second-order valence-corrected chi connectivity index (χ2v) is 9.11. The number of nitrogens with two attached hydrogens (primary N) is 1. The zero-order chi connectivity index (χ0) is 21.0. The summed E-state index contributed by atoms with van der Waals surface area (Å²) >= 11 is 13.9. The van der Waals surface area contributed by atoms with Crippen LogP contribution in [0.5, 0.6) is 5.88 Å². The van der Waals surface area contributed by atoms with Crippen LogP contribution in [0.15, 0.2) is 40.1 Å². The van der Waals surface area contributed by atoms with Crippen molar-refractivity contribution < 1.29 is 14.3 Å². The van der Waals surface area contributed by atoms with Crippen LogP contribution in [-0.2, 0) is 4.74 Å².